The van der Waals surface area contributed by atoms with E-state index in [1.165, 1.54) is 11.3 Å². The largest absolute Gasteiger partial charge is 0.293 e. The zero-order valence-corrected chi connectivity index (χ0v) is 11.2. The maximum Gasteiger partial charge on any atom is 0.180 e. The number of thiazole rings is 1. The summed E-state index contributed by atoms with van der Waals surface area (Å²) >= 11 is 1.33. The lowest BCUT2D eigenvalue weighted by Gasteiger charge is -2.00. The number of ketones is 1. The molecule has 0 fully saturated rings. The van der Waals surface area contributed by atoms with E-state index in [2.05, 4.69) is 20.2 Å². The predicted molar refractivity (Wildman–Crippen MR) is 75.4 cm³/mol. The lowest BCUT2D eigenvalue weighted by atomic mass is 10.2. The first-order valence-corrected chi connectivity index (χ1v) is 6.86. The van der Waals surface area contributed by atoms with Crippen molar-refractivity contribution in [3.05, 3.63) is 58.8 Å². The fourth-order valence-electron chi connectivity index (χ4n) is 1.71. The van der Waals surface area contributed by atoms with E-state index in [1.54, 1.807) is 24.0 Å². The number of pyridine rings is 1. The monoisotopic (exact) mass is 282 g/mol. The Labute approximate surface area is 119 Å². The third-order valence-electron chi connectivity index (χ3n) is 2.70. The molecule has 5 nitrogen and oxygen atoms in total. The Morgan fingerprint density at radius 1 is 1.10 bits per heavy atom. The predicted octanol–water partition coefficient (Wildman–Crippen LogP) is 2.42. The standard InChI is InChI=1S/C14H10N4OS/c19-13(14-8-15-9-20-14)7-10-4-5-12(18-17-10)11-3-1-2-6-16-11/h1-6,8-9H,7H2. The van der Waals surface area contributed by atoms with Crippen molar-refractivity contribution in [2.24, 2.45) is 0 Å². The first kappa shape index (κ1) is 12.6. The van der Waals surface area contributed by atoms with Gasteiger partial charge in [0.05, 0.1) is 28.2 Å². The van der Waals surface area contributed by atoms with Crippen LogP contribution < -0.4 is 0 Å². The van der Waals surface area contributed by atoms with Gasteiger partial charge in [0.1, 0.15) is 5.69 Å². The van der Waals surface area contributed by atoms with Gasteiger partial charge in [0.25, 0.3) is 0 Å². The second-order valence-electron chi connectivity index (χ2n) is 4.09. The van der Waals surface area contributed by atoms with Gasteiger partial charge in [-0.05, 0) is 24.3 Å². The topological polar surface area (TPSA) is 68.6 Å². The fraction of sp³-hybridized carbons (Fsp3) is 0.0714. The Balaban J connectivity index is 1.75. The van der Waals surface area contributed by atoms with E-state index < -0.39 is 0 Å². The number of carbonyl (C=O) groups is 1. The molecule has 0 unspecified atom stereocenters. The molecule has 0 aliphatic rings. The van der Waals surface area contributed by atoms with Crippen LogP contribution in [-0.2, 0) is 6.42 Å². The number of hydrogen-bond donors (Lipinski definition) is 0. The van der Waals surface area contributed by atoms with Crippen molar-refractivity contribution in [1.29, 1.82) is 0 Å². The molecule has 0 bridgehead atoms. The Morgan fingerprint density at radius 2 is 2.05 bits per heavy atom. The van der Waals surface area contributed by atoms with Crippen LogP contribution >= 0.6 is 11.3 Å². The third-order valence-corrected chi connectivity index (χ3v) is 3.51. The van der Waals surface area contributed by atoms with Crippen LogP contribution in [0.2, 0.25) is 0 Å². The molecular weight excluding hydrogens is 272 g/mol. The number of rotatable bonds is 4. The van der Waals surface area contributed by atoms with Crippen LogP contribution in [-0.4, -0.2) is 25.9 Å². The van der Waals surface area contributed by atoms with Crippen LogP contribution in [0, 0.1) is 0 Å². The Morgan fingerprint density at radius 3 is 2.70 bits per heavy atom. The van der Waals surface area contributed by atoms with Crippen LogP contribution in [0.4, 0.5) is 0 Å². The van der Waals surface area contributed by atoms with E-state index >= 15 is 0 Å². The van der Waals surface area contributed by atoms with Crippen LogP contribution in [0.25, 0.3) is 11.4 Å². The molecule has 3 rings (SSSR count). The molecule has 0 amide bonds. The first-order valence-electron chi connectivity index (χ1n) is 5.98. The minimum absolute atomic E-state index is 0.00684. The Hall–Kier alpha value is -2.47. The molecule has 0 radical (unpaired) electrons. The van der Waals surface area contributed by atoms with Crippen molar-refractivity contribution in [1.82, 2.24) is 20.2 Å². The van der Waals surface area contributed by atoms with Gasteiger partial charge >= 0.3 is 0 Å². The smallest absolute Gasteiger partial charge is 0.180 e. The maximum atomic E-state index is 11.9. The average Bonchev–Trinajstić information content (AvgIpc) is 3.03. The number of aromatic nitrogens is 4. The van der Waals surface area contributed by atoms with E-state index in [1.807, 2.05) is 24.3 Å². The molecule has 0 saturated heterocycles. The summed E-state index contributed by atoms with van der Waals surface area (Å²) in [4.78, 5) is 20.7. The number of hydrogen-bond acceptors (Lipinski definition) is 6. The van der Waals surface area contributed by atoms with Gasteiger partial charge < -0.3 is 0 Å². The summed E-state index contributed by atoms with van der Waals surface area (Å²) in [6, 6.07) is 9.23. The van der Waals surface area contributed by atoms with Crippen LogP contribution in [0.15, 0.2) is 48.2 Å². The van der Waals surface area contributed by atoms with Crippen molar-refractivity contribution in [3.8, 4) is 11.4 Å². The molecule has 6 heteroatoms. The van der Waals surface area contributed by atoms with E-state index in [9.17, 15) is 4.79 Å². The van der Waals surface area contributed by atoms with Crippen molar-refractivity contribution >= 4 is 17.1 Å². The lowest BCUT2D eigenvalue weighted by Crippen LogP contribution is -2.04. The summed E-state index contributed by atoms with van der Waals surface area (Å²) in [5.41, 5.74) is 3.74. The SMILES string of the molecule is O=C(Cc1ccc(-c2ccccn2)nn1)c1cncs1. The van der Waals surface area contributed by atoms with Crippen molar-refractivity contribution in [2.75, 3.05) is 0 Å². The van der Waals surface area contributed by atoms with Crippen molar-refractivity contribution in [3.63, 3.8) is 0 Å². The minimum Gasteiger partial charge on any atom is -0.293 e. The summed E-state index contributed by atoms with van der Waals surface area (Å²) in [7, 11) is 0. The second-order valence-corrected chi connectivity index (χ2v) is 4.98. The number of nitrogens with zero attached hydrogens (tertiary/aromatic N) is 4. The second kappa shape index (κ2) is 5.66. The van der Waals surface area contributed by atoms with Gasteiger partial charge in [-0.3, -0.25) is 14.8 Å². The molecule has 3 aromatic rings. The summed E-state index contributed by atoms with van der Waals surface area (Å²) in [6.07, 6.45) is 3.51. The van der Waals surface area contributed by atoms with E-state index in [4.69, 9.17) is 0 Å². The number of Topliss-reactive ketones (excluding diaryl/α,β-unsaturated/α-hetero) is 1. The normalized spacial score (nSPS) is 10.4. The Kier molecular flexibility index (Phi) is 3.56. The van der Waals surface area contributed by atoms with Gasteiger partial charge in [-0.15, -0.1) is 16.4 Å². The molecule has 0 spiro atoms. The van der Waals surface area contributed by atoms with Crippen LogP contribution in [0.1, 0.15) is 15.4 Å². The molecule has 0 atom stereocenters. The fourth-order valence-corrected chi connectivity index (χ4v) is 2.27. The molecular formula is C14H10N4OS. The molecule has 3 heterocycles. The first-order chi connectivity index (χ1) is 9.83. The molecule has 0 aliphatic heterocycles. The third kappa shape index (κ3) is 2.75. The van der Waals surface area contributed by atoms with Gasteiger partial charge in [0.2, 0.25) is 0 Å². The van der Waals surface area contributed by atoms with Gasteiger partial charge in [0.15, 0.2) is 5.78 Å². The van der Waals surface area contributed by atoms with E-state index in [0.717, 1.165) is 5.69 Å². The summed E-state index contributed by atoms with van der Waals surface area (Å²) in [5.74, 6) is 0.00684. The highest BCUT2D eigenvalue weighted by Crippen LogP contribution is 2.14. The molecule has 0 saturated carbocycles. The van der Waals surface area contributed by atoms with E-state index in [-0.39, 0.29) is 12.2 Å². The highest BCUT2D eigenvalue weighted by atomic mass is 32.1. The minimum atomic E-state index is 0.00684. The van der Waals surface area contributed by atoms with Gasteiger partial charge in [-0.25, -0.2) is 0 Å². The van der Waals surface area contributed by atoms with Gasteiger partial charge in [-0.1, -0.05) is 6.07 Å². The molecule has 0 aliphatic carbocycles. The van der Waals surface area contributed by atoms with Crippen LogP contribution in [0.3, 0.4) is 0 Å². The van der Waals surface area contributed by atoms with Crippen LogP contribution in [0.5, 0.6) is 0 Å². The quantitative estimate of drug-likeness (QED) is 0.687. The van der Waals surface area contributed by atoms with Gasteiger partial charge in [-0.2, -0.15) is 5.10 Å². The highest BCUT2D eigenvalue weighted by molar-refractivity contribution is 7.11. The Bertz CT molecular complexity index is 696. The zero-order valence-electron chi connectivity index (χ0n) is 10.4. The molecule has 20 heavy (non-hydrogen) atoms. The molecule has 98 valence electrons. The lowest BCUT2D eigenvalue weighted by molar-refractivity contribution is 0.0995. The average molecular weight is 282 g/mol. The summed E-state index contributed by atoms with van der Waals surface area (Å²) in [6.45, 7) is 0. The highest BCUT2D eigenvalue weighted by Gasteiger charge is 2.10. The van der Waals surface area contributed by atoms with Gasteiger partial charge in [0, 0.05) is 12.4 Å². The maximum absolute atomic E-state index is 11.9. The van der Waals surface area contributed by atoms with E-state index in [0.29, 0.717) is 16.3 Å². The van der Waals surface area contributed by atoms with Crippen molar-refractivity contribution < 1.29 is 4.79 Å². The zero-order chi connectivity index (χ0) is 13.8. The summed E-state index contributed by atoms with van der Waals surface area (Å²) in [5, 5.41) is 8.18. The van der Waals surface area contributed by atoms with Crippen molar-refractivity contribution in [2.45, 2.75) is 6.42 Å². The summed E-state index contributed by atoms with van der Waals surface area (Å²) < 4.78 is 0. The molecule has 0 N–H and O–H groups in total. The molecule has 3 aromatic heterocycles. The molecule has 0 aromatic carbocycles. The number of carbonyl (C=O) groups excluding carboxylic acids is 1.